The van der Waals surface area contributed by atoms with Crippen LogP contribution in [0.5, 0.6) is 0 Å². The monoisotopic (exact) mass is 384 g/mol. The molecule has 0 saturated carbocycles. The standard InChI is InChI=1S/C19H16O.C7H12N2/c20-19(16-10-4-1-5-11-16,17-12-6-2-7-13-17)18-14-8-3-9-15-18;1-3-7(2)9-5-4-8-6-9/h1-15,20H;4-7H,3H2,1-2H3. The normalized spacial score (nSPS) is 12.0. The van der Waals surface area contributed by atoms with Gasteiger partial charge in [0.15, 0.2) is 0 Å². The van der Waals surface area contributed by atoms with E-state index < -0.39 is 5.60 Å². The van der Waals surface area contributed by atoms with Crippen LogP contribution in [0.15, 0.2) is 110 Å². The van der Waals surface area contributed by atoms with Crippen molar-refractivity contribution in [2.45, 2.75) is 31.9 Å². The van der Waals surface area contributed by atoms with E-state index >= 15 is 0 Å². The fraction of sp³-hybridized carbons (Fsp3) is 0.192. The molecular weight excluding hydrogens is 356 g/mol. The second-order valence-electron chi connectivity index (χ2n) is 7.08. The molecule has 4 aromatic rings. The molecule has 0 radical (unpaired) electrons. The average molecular weight is 385 g/mol. The van der Waals surface area contributed by atoms with Crippen LogP contribution in [0, 0.1) is 0 Å². The Kier molecular flexibility index (Phi) is 6.99. The summed E-state index contributed by atoms with van der Waals surface area (Å²) >= 11 is 0. The molecule has 0 amide bonds. The molecule has 1 heterocycles. The van der Waals surface area contributed by atoms with Gasteiger partial charge in [0.25, 0.3) is 0 Å². The lowest BCUT2D eigenvalue weighted by atomic mass is 9.80. The molecule has 148 valence electrons. The Balaban J connectivity index is 0.000000224. The first kappa shape index (κ1) is 20.6. The van der Waals surface area contributed by atoms with Crippen LogP contribution in [0.1, 0.15) is 43.0 Å². The molecule has 3 nitrogen and oxygen atoms in total. The lowest BCUT2D eigenvalue weighted by molar-refractivity contribution is 0.125. The van der Waals surface area contributed by atoms with Gasteiger partial charge in [0.1, 0.15) is 5.60 Å². The summed E-state index contributed by atoms with van der Waals surface area (Å²) in [6.45, 7) is 4.35. The van der Waals surface area contributed by atoms with Gasteiger partial charge in [-0.25, -0.2) is 4.98 Å². The number of hydrogen-bond donors (Lipinski definition) is 1. The predicted octanol–water partition coefficient (Wildman–Crippen LogP) is 5.82. The fourth-order valence-corrected chi connectivity index (χ4v) is 3.28. The maximum absolute atomic E-state index is 11.4. The van der Waals surface area contributed by atoms with E-state index in [1.54, 1.807) is 0 Å². The van der Waals surface area contributed by atoms with Crippen LogP contribution >= 0.6 is 0 Å². The molecule has 0 aliphatic rings. The number of aliphatic hydroxyl groups is 1. The Labute approximate surface area is 173 Å². The van der Waals surface area contributed by atoms with E-state index in [1.165, 1.54) is 0 Å². The Hall–Kier alpha value is -3.17. The van der Waals surface area contributed by atoms with E-state index in [2.05, 4.69) is 23.4 Å². The number of aromatic nitrogens is 2. The number of imidazole rings is 1. The summed E-state index contributed by atoms with van der Waals surface area (Å²) in [4.78, 5) is 3.95. The third-order valence-electron chi connectivity index (χ3n) is 5.20. The van der Waals surface area contributed by atoms with Crippen LogP contribution in [0.4, 0.5) is 0 Å². The Morgan fingerprint density at radius 2 is 1.21 bits per heavy atom. The lowest BCUT2D eigenvalue weighted by Crippen LogP contribution is -2.28. The first-order valence-corrected chi connectivity index (χ1v) is 10.0. The molecule has 29 heavy (non-hydrogen) atoms. The quantitative estimate of drug-likeness (QED) is 0.440. The molecule has 0 aliphatic carbocycles. The zero-order valence-electron chi connectivity index (χ0n) is 17.0. The summed E-state index contributed by atoms with van der Waals surface area (Å²) in [5, 5.41) is 11.4. The molecule has 3 aromatic carbocycles. The van der Waals surface area contributed by atoms with E-state index in [0.717, 1.165) is 23.1 Å². The summed E-state index contributed by atoms with van der Waals surface area (Å²) in [5.74, 6) is 0. The highest BCUT2D eigenvalue weighted by Gasteiger charge is 2.33. The van der Waals surface area contributed by atoms with Gasteiger partial charge in [-0.3, -0.25) is 0 Å². The molecular formula is C26H28N2O. The van der Waals surface area contributed by atoms with Crippen molar-refractivity contribution >= 4 is 0 Å². The number of nitrogens with zero attached hydrogens (tertiary/aromatic N) is 2. The van der Waals surface area contributed by atoms with Crippen LogP contribution < -0.4 is 0 Å². The third-order valence-corrected chi connectivity index (χ3v) is 5.20. The van der Waals surface area contributed by atoms with Crippen molar-refractivity contribution in [1.29, 1.82) is 0 Å². The van der Waals surface area contributed by atoms with E-state index in [9.17, 15) is 5.11 Å². The topological polar surface area (TPSA) is 38.0 Å². The minimum absolute atomic E-state index is 0.590. The first-order chi connectivity index (χ1) is 14.2. The van der Waals surface area contributed by atoms with Gasteiger partial charge in [-0.1, -0.05) is 97.9 Å². The van der Waals surface area contributed by atoms with Crippen molar-refractivity contribution in [3.05, 3.63) is 126 Å². The average Bonchev–Trinajstić information content (AvgIpc) is 3.35. The summed E-state index contributed by atoms with van der Waals surface area (Å²) in [6, 6.07) is 29.9. The van der Waals surface area contributed by atoms with E-state index in [1.807, 2.05) is 110 Å². The number of benzene rings is 3. The highest BCUT2D eigenvalue weighted by atomic mass is 16.3. The van der Waals surface area contributed by atoms with Gasteiger partial charge in [0, 0.05) is 18.4 Å². The highest BCUT2D eigenvalue weighted by Crippen LogP contribution is 2.36. The number of rotatable bonds is 5. The van der Waals surface area contributed by atoms with Gasteiger partial charge in [-0.15, -0.1) is 0 Å². The van der Waals surface area contributed by atoms with Crippen molar-refractivity contribution in [2.75, 3.05) is 0 Å². The second kappa shape index (κ2) is 9.85. The van der Waals surface area contributed by atoms with Crippen molar-refractivity contribution in [1.82, 2.24) is 9.55 Å². The molecule has 1 unspecified atom stereocenters. The van der Waals surface area contributed by atoms with Crippen LogP contribution in [0.3, 0.4) is 0 Å². The molecule has 0 aliphatic heterocycles. The van der Waals surface area contributed by atoms with Crippen LogP contribution in [0.25, 0.3) is 0 Å². The van der Waals surface area contributed by atoms with Crippen molar-refractivity contribution in [2.24, 2.45) is 0 Å². The zero-order chi connectivity index (χ0) is 20.5. The summed E-state index contributed by atoms with van der Waals surface area (Å²) < 4.78 is 2.11. The maximum Gasteiger partial charge on any atom is 0.140 e. The van der Waals surface area contributed by atoms with Gasteiger partial charge < -0.3 is 9.67 Å². The minimum Gasteiger partial charge on any atom is -0.376 e. The first-order valence-electron chi connectivity index (χ1n) is 10.0. The molecule has 4 rings (SSSR count). The Morgan fingerprint density at radius 1 is 0.793 bits per heavy atom. The van der Waals surface area contributed by atoms with Gasteiger partial charge in [0.05, 0.1) is 6.33 Å². The molecule has 0 saturated heterocycles. The fourth-order valence-electron chi connectivity index (χ4n) is 3.28. The van der Waals surface area contributed by atoms with Crippen molar-refractivity contribution < 1.29 is 5.11 Å². The van der Waals surface area contributed by atoms with Crippen LogP contribution in [0.2, 0.25) is 0 Å². The molecule has 1 atom stereocenters. The maximum atomic E-state index is 11.4. The second-order valence-corrected chi connectivity index (χ2v) is 7.08. The molecule has 0 fully saturated rings. The van der Waals surface area contributed by atoms with Crippen LogP contribution in [-0.2, 0) is 5.60 Å². The SMILES string of the molecule is CCC(C)n1ccnc1.OC(c1ccccc1)(c1ccccc1)c1ccccc1. The predicted molar refractivity (Wildman–Crippen MR) is 119 cm³/mol. The summed E-state index contributed by atoms with van der Waals surface area (Å²) in [5.41, 5.74) is 1.50. The molecule has 0 spiro atoms. The smallest absolute Gasteiger partial charge is 0.140 e. The van der Waals surface area contributed by atoms with Crippen molar-refractivity contribution in [3.63, 3.8) is 0 Å². The van der Waals surface area contributed by atoms with E-state index in [0.29, 0.717) is 6.04 Å². The minimum atomic E-state index is -1.12. The van der Waals surface area contributed by atoms with Crippen LogP contribution in [-0.4, -0.2) is 14.7 Å². The molecule has 1 aromatic heterocycles. The van der Waals surface area contributed by atoms with E-state index in [4.69, 9.17) is 0 Å². The molecule has 3 heteroatoms. The third kappa shape index (κ3) is 4.82. The largest absolute Gasteiger partial charge is 0.376 e. The Morgan fingerprint density at radius 3 is 1.52 bits per heavy atom. The van der Waals surface area contributed by atoms with Gasteiger partial charge in [-0.2, -0.15) is 0 Å². The zero-order valence-corrected chi connectivity index (χ0v) is 17.0. The summed E-state index contributed by atoms with van der Waals surface area (Å²) in [7, 11) is 0. The molecule has 0 bridgehead atoms. The van der Waals surface area contributed by atoms with Gasteiger partial charge in [-0.05, 0) is 30.0 Å². The molecule has 1 N–H and O–H groups in total. The highest BCUT2D eigenvalue weighted by molar-refractivity contribution is 5.46. The van der Waals surface area contributed by atoms with Gasteiger partial charge in [0.2, 0.25) is 0 Å². The number of hydrogen-bond acceptors (Lipinski definition) is 2. The lowest BCUT2D eigenvalue weighted by Gasteiger charge is -2.30. The Bertz CT molecular complexity index is 855. The van der Waals surface area contributed by atoms with Crippen molar-refractivity contribution in [3.8, 4) is 0 Å². The van der Waals surface area contributed by atoms with Gasteiger partial charge >= 0.3 is 0 Å². The van der Waals surface area contributed by atoms with E-state index in [-0.39, 0.29) is 0 Å². The summed E-state index contributed by atoms with van der Waals surface area (Å²) in [6.07, 6.45) is 6.82.